The number of hydrogen-bond donors (Lipinski definition) is 1. The number of rotatable bonds is 4. The molecule has 0 unspecified atom stereocenters. The third kappa shape index (κ3) is 3.71. The van der Waals surface area contributed by atoms with Crippen molar-refractivity contribution in [3.8, 4) is 5.75 Å². The Bertz CT molecular complexity index is 725. The highest BCUT2D eigenvalue weighted by Gasteiger charge is 2.13. The van der Waals surface area contributed by atoms with E-state index in [9.17, 15) is 15.2 Å². The van der Waals surface area contributed by atoms with E-state index in [0.717, 1.165) is 0 Å². The molecule has 2 rings (SSSR count). The van der Waals surface area contributed by atoms with Gasteiger partial charge in [-0.3, -0.25) is 15.1 Å². The second-order valence-corrected chi connectivity index (χ2v) is 5.98. The number of hydrogen-bond acceptors (Lipinski definition) is 4. The number of phenolic OH excluding ortho intramolecular Hbond substituents is 1. The van der Waals surface area contributed by atoms with Crippen molar-refractivity contribution < 1.29 is 10.0 Å². The van der Waals surface area contributed by atoms with Crippen LogP contribution in [0.2, 0.25) is 0 Å². The molecule has 0 aliphatic rings. The van der Waals surface area contributed by atoms with E-state index >= 15 is 0 Å². The molecule has 1 N–H and O–H groups in total. The Kier molecular flexibility index (Phi) is 4.92. The van der Waals surface area contributed by atoms with Crippen molar-refractivity contribution >= 4 is 33.5 Å². The van der Waals surface area contributed by atoms with Crippen molar-refractivity contribution in [1.82, 2.24) is 0 Å². The largest absolute Gasteiger partial charge is 0.506 e. The number of benzene rings is 2. The third-order valence-corrected chi connectivity index (χ3v) is 3.81. The molecule has 114 valence electrons. The number of aromatic hydroxyl groups is 1. The second kappa shape index (κ2) is 6.70. The topological polar surface area (TPSA) is 75.7 Å². The van der Waals surface area contributed by atoms with Crippen molar-refractivity contribution in [2.24, 2.45) is 4.99 Å². The fourth-order valence-electron chi connectivity index (χ4n) is 1.90. The molecule has 0 aliphatic heterocycles. The lowest BCUT2D eigenvalue weighted by atomic mass is 10.0. The van der Waals surface area contributed by atoms with Gasteiger partial charge in [-0.1, -0.05) is 26.0 Å². The molecule has 0 amide bonds. The fraction of sp³-hybridized carbons (Fsp3) is 0.188. The second-order valence-electron chi connectivity index (χ2n) is 5.13. The van der Waals surface area contributed by atoms with E-state index in [1.165, 1.54) is 23.9 Å². The Morgan fingerprint density at radius 2 is 1.91 bits per heavy atom. The molecule has 0 fully saturated rings. The summed E-state index contributed by atoms with van der Waals surface area (Å²) >= 11 is 3.10. The number of halogens is 1. The van der Waals surface area contributed by atoms with Gasteiger partial charge in [-0.25, -0.2) is 0 Å². The highest BCUT2D eigenvalue weighted by Crippen LogP contribution is 2.32. The van der Waals surface area contributed by atoms with Crippen molar-refractivity contribution in [3.63, 3.8) is 0 Å². The summed E-state index contributed by atoms with van der Waals surface area (Å²) in [5, 5.41) is 20.8. The molecule has 0 bridgehead atoms. The van der Waals surface area contributed by atoms with Crippen LogP contribution in [0.4, 0.5) is 11.4 Å². The standard InChI is InChI=1S/C16H15BrN2O3/c1-10(2)11-3-5-13(6-4-11)18-9-12-7-14(19(21)22)8-15(17)16(12)20/h3-10,20H,1-2H3. The minimum absolute atomic E-state index is 0.0758. The normalized spacial score (nSPS) is 11.3. The first-order valence-corrected chi connectivity index (χ1v) is 7.48. The van der Waals surface area contributed by atoms with Crippen LogP contribution in [0.15, 0.2) is 45.9 Å². The zero-order valence-corrected chi connectivity index (χ0v) is 13.7. The molecule has 0 aromatic heterocycles. The van der Waals surface area contributed by atoms with Gasteiger partial charge < -0.3 is 5.11 Å². The van der Waals surface area contributed by atoms with Crippen LogP contribution in [0.5, 0.6) is 5.75 Å². The number of nitrogens with zero attached hydrogens (tertiary/aromatic N) is 2. The van der Waals surface area contributed by atoms with Crippen LogP contribution >= 0.6 is 15.9 Å². The minimum atomic E-state index is -0.515. The van der Waals surface area contributed by atoms with Crippen LogP contribution in [-0.2, 0) is 0 Å². The number of nitro groups is 1. The van der Waals surface area contributed by atoms with E-state index in [4.69, 9.17) is 0 Å². The monoisotopic (exact) mass is 362 g/mol. The van der Waals surface area contributed by atoms with Gasteiger partial charge in [-0.15, -0.1) is 0 Å². The van der Waals surface area contributed by atoms with E-state index in [2.05, 4.69) is 34.8 Å². The molecule has 22 heavy (non-hydrogen) atoms. The van der Waals surface area contributed by atoms with Crippen molar-refractivity contribution in [2.75, 3.05) is 0 Å². The van der Waals surface area contributed by atoms with E-state index in [-0.39, 0.29) is 21.5 Å². The summed E-state index contributed by atoms with van der Waals surface area (Å²) in [5.41, 5.74) is 2.10. The van der Waals surface area contributed by atoms with Crippen molar-refractivity contribution in [1.29, 1.82) is 0 Å². The molecular formula is C16H15BrN2O3. The Morgan fingerprint density at radius 3 is 2.45 bits per heavy atom. The zero-order valence-electron chi connectivity index (χ0n) is 12.2. The first kappa shape index (κ1) is 16.2. The summed E-state index contributed by atoms with van der Waals surface area (Å²) in [4.78, 5) is 14.6. The SMILES string of the molecule is CC(C)c1ccc(N=Cc2cc([N+](=O)[O-])cc(Br)c2O)cc1. The van der Waals surface area contributed by atoms with Crippen LogP contribution in [-0.4, -0.2) is 16.2 Å². The van der Waals surface area contributed by atoms with Gasteiger partial charge in [0.05, 0.1) is 15.1 Å². The first-order valence-electron chi connectivity index (χ1n) is 6.69. The lowest BCUT2D eigenvalue weighted by molar-refractivity contribution is -0.385. The molecule has 5 nitrogen and oxygen atoms in total. The van der Waals surface area contributed by atoms with Crippen molar-refractivity contribution in [3.05, 3.63) is 62.1 Å². The highest BCUT2D eigenvalue weighted by atomic mass is 79.9. The molecular weight excluding hydrogens is 348 g/mol. The fourth-order valence-corrected chi connectivity index (χ4v) is 2.36. The maximum Gasteiger partial charge on any atom is 0.271 e. The highest BCUT2D eigenvalue weighted by molar-refractivity contribution is 9.10. The quantitative estimate of drug-likeness (QED) is 0.475. The lowest BCUT2D eigenvalue weighted by Gasteiger charge is -2.05. The van der Waals surface area contributed by atoms with Crippen LogP contribution in [0.3, 0.4) is 0 Å². The summed E-state index contributed by atoms with van der Waals surface area (Å²) in [7, 11) is 0. The van der Waals surface area contributed by atoms with Gasteiger partial charge in [0.25, 0.3) is 5.69 Å². The molecule has 0 heterocycles. The molecule has 6 heteroatoms. The number of phenols is 1. The van der Waals surface area contributed by atoms with E-state index in [1.807, 2.05) is 24.3 Å². The van der Waals surface area contributed by atoms with Crippen LogP contribution < -0.4 is 0 Å². The summed E-state index contributed by atoms with van der Waals surface area (Å²) in [6.45, 7) is 4.22. The maximum absolute atomic E-state index is 10.9. The Hall–Kier alpha value is -2.21. The number of non-ortho nitro benzene ring substituents is 1. The van der Waals surface area contributed by atoms with Gasteiger partial charge >= 0.3 is 0 Å². The third-order valence-electron chi connectivity index (χ3n) is 3.20. The predicted octanol–water partition coefficient (Wildman–Crippen LogP) is 4.94. The van der Waals surface area contributed by atoms with Crippen molar-refractivity contribution in [2.45, 2.75) is 19.8 Å². The molecule has 0 saturated carbocycles. The Labute approximate surface area is 136 Å². The van der Waals surface area contributed by atoms with E-state index in [0.29, 0.717) is 11.6 Å². The van der Waals surface area contributed by atoms with Gasteiger partial charge in [0.2, 0.25) is 0 Å². The summed E-state index contributed by atoms with van der Waals surface area (Å²) in [6.07, 6.45) is 1.41. The van der Waals surface area contributed by atoms with Gasteiger partial charge in [-0.2, -0.15) is 0 Å². The number of nitro benzene ring substituents is 1. The molecule has 0 atom stereocenters. The molecule has 0 aliphatic carbocycles. The first-order chi connectivity index (χ1) is 10.4. The number of aliphatic imine (C=N–C) groups is 1. The van der Waals surface area contributed by atoms with E-state index < -0.39 is 4.92 Å². The minimum Gasteiger partial charge on any atom is -0.506 e. The summed E-state index contributed by atoms with van der Waals surface area (Å²) < 4.78 is 0.262. The average Bonchev–Trinajstić information content (AvgIpc) is 2.48. The van der Waals surface area contributed by atoms with Gasteiger partial charge in [0.1, 0.15) is 5.75 Å². The van der Waals surface area contributed by atoms with Crippen LogP contribution in [0.1, 0.15) is 30.9 Å². The summed E-state index contributed by atoms with van der Waals surface area (Å²) in [5.74, 6) is 0.364. The van der Waals surface area contributed by atoms with Crippen LogP contribution in [0, 0.1) is 10.1 Å². The zero-order chi connectivity index (χ0) is 16.3. The lowest BCUT2D eigenvalue weighted by Crippen LogP contribution is -1.92. The molecule has 2 aromatic carbocycles. The molecule has 0 saturated heterocycles. The Balaban J connectivity index is 2.31. The maximum atomic E-state index is 10.9. The van der Waals surface area contributed by atoms with E-state index in [1.54, 1.807) is 0 Å². The van der Waals surface area contributed by atoms with Gasteiger partial charge in [0, 0.05) is 23.9 Å². The van der Waals surface area contributed by atoms with Gasteiger partial charge in [-0.05, 0) is 39.5 Å². The molecule has 0 spiro atoms. The smallest absolute Gasteiger partial charge is 0.271 e. The predicted molar refractivity (Wildman–Crippen MR) is 90.2 cm³/mol. The summed E-state index contributed by atoms with van der Waals surface area (Å²) in [6, 6.07) is 10.3. The van der Waals surface area contributed by atoms with Gasteiger partial charge in [0.15, 0.2) is 0 Å². The molecule has 2 aromatic rings. The Morgan fingerprint density at radius 1 is 1.27 bits per heavy atom. The molecule has 0 radical (unpaired) electrons. The average molecular weight is 363 g/mol. The van der Waals surface area contributed by atoms with Crippen LogP contribution in [0.25, 0.3) is 0 Å².